The summed E-state index contributed by atoms with van der Waals surface area (Å²) in [6.07, 6.45) is -0.769. The minimum absolute atomic E-state index is 0.0189. The molecule has 2 amide bonds. The number of nitrogens with two attached hydrogens (primary N) is 1. The Hall–Kier alpha value is -2.19. The van der Waals surface area contributed by atoms with Crippen LogP contribution in [0.3, 0.4) is 0 Å². The number of nitrogens with one attached hydrogen (secondary N) is 2. The highest BCUT2D eigenvalue weighted by molar-refractivity contribution is 5.71. The number of hydrogen-bond acceptors (Lipinski definition) is 5. The van der Waals surface area contributed by atoms with Gasteiger partial charge in [0.15, 0.2) is 0 Å². The van der Waals surface area contributed by atoms with Crippen molar-refractivity contribution >= 4 is 11.7 Å². The Morgan fingerprint density at radius 2 is 2.00 bits per heavy atom. The molecular formula is C11H16N4O4. The van der Waals surface area contributed by atoms with E-state index in [2.05, 4.69) is 10.6 Å². The maximum Gasteiger partial charge on any atom is 0.312 e. The van der Waals surface area contributed by atoms with Crippen LogP contribution in [0.25, 0.3) is 0 Å². The smallest absolute Gasteiger partial charge is 0.312 e. The van der Waals surface area contributed by atoms with Gasteiger partial charge in [0.05, 0.1) is 11.0 Å². The molecule has 8 heteroatoms. The predicted molar refractivity (Wildman–Crippen MR) is 68.5 cm³/mol. The van der Waals surface area contributed by atoms with Crippen molar-refractivity contribution in [1.29, 1.82) is 0 Å². The average Bonchev–Trinajstić information content (AvgIpc) is 2.37. The van der Waals surface area contributed by atoms with Gasteiger partial charge in [0.2, 0.25) is 0 Å². The zero-order valence-corrected chi connectivity index (χ0v) is 10.2. The molecule has 0 aliphatic carbocycles. The molecule has 104 valence electrons. The third-order valence-electron chi connectivity index (χ3n) is 2.43. The van der Waals surface area contributed by atoms with Crippen molar-refractivity contribution in [2.75, 3.05) is 19.6 Å². The summed E-state index contributed by atoms with van der Waals surface area (Å²) in [6.45, 7) is 1.10. The van der Waals surface area contributed by atoms with Crippen molar-refractivity contribution in [2.24, 2.45) is 5.73 Å². The largest absolute Gasteiger partial charge is 0.387 e. The van der Waals surface area contributed by atoms with E-state index in [0.29, 0.717) is 18.7 Å². The van der Waals surface area contributed by atoms with Crippen LogP contribution in [0, 0.1) is 10.1 Å². The molecule has 0 radical (unpaired) electrons. The minimum Gasteiger partial charge on any atom is -0.387 e. The highest BCUT2D eigenvalue weighted by Crippen LogP contribution is 2.16. The lowest BCUT2D eigenvalue weighted by atomic mass is 10.1. The number of urea groups is 1. The number of nitro benzene ring substituents is 1. The van der Waals surface area contributed by atoms with Crippen molar-refractivity contribution in [3.8, 4) is 0 Å². The van der Waals surface area contributed by atoms with E-state index in [0.717, 1.165) is 0 Å². The van der Waals surface area contributed by atoms with Gasteiger partial charge in [-0.05, 0) is 17.7 Å². The van der Waals surface area contributed by atoms with Crippen molar-refractivity contribution in [3.05, 3.63) is 39.9 Å². The second kappa shape index (κ2) is 7.29. The summed E-state index contributed by atoms with van der Waals surface area (Å²) in [5, 5.41) is 25.6. The Morgan fingerprint density at radius 1 is 1.37 bits per heavy atom. The van der Waals surface area contributed by atoms with E-state index in [1.54, 1.807) is 0 Å². The molecule has 0 spiro atoms. The molecule has 0 fully saturated rings. The van der Waals surface area contributed by atoms with Gasteiger partial charge in [-0.2, -0.15) is 0 Å². The molecule has 19 heavy (non-hydrogen) atoms. The van der Waals surface area contributed by atoms with Gasteiger partial charge in [0.25, 0.3) is 5.69 Å². The number of primary amides is 1. The average molecular weight is 268 g/mol. The van der Waals surface area contributed by atoms with E-state index in [-0.39, 0.29) is 12.2 Å². The first-order chi connectivity index (χ1) is 9.00. The Balaban J connectivity index is 2.34. The maximum absolute atomic E-state index is 10.5. The predicted octanol–water partition coefficient (Wildman–Crippen LogP) is -0.114. The fourth-order valence-electron chi connectivity index (χ4n) is 1.45. The number of aliphatic hydroxyl groups excluding tert-OH is 1. The molecule has 0 bridgehead atoms. The maximum atomic E-state index is 10.5. The number of aliphatic hydroxyl groups is 1. The number of carbonyl (C=O) groups excluding carboxylic acids is 1. The molecule has 0 aromatic heterocycles. The lowest BCUT2D eigenvalue weighted by Crippen LogP contribution is -2.36. The van der Waals surface area contributed by atoms with Crippen LogP contribution in [0.5, 0.6) is 0 Å². The Labute approximate surface area is 109 Å². The van der Waals surface area contributed by atoms with Crippen LogP contribution in [0.1, 0.15) is 11.7 Å². The van der Waals surface area contributed by atoms with Crippen LogP contribution in [0.4, 0.5) is 10.5 Å². The second-order valence-electron chi connectivity index (χ2n) is 3.86. The second-order valence-corrected chi connectivity index (χ2v) is 3.86. The van der Waals surface area contributed by atoms with Crippen LogP contribution in [0.2, 0.25) is 0 Å². The number of amides is 2. The van der Waals surface area contributed by atoms with Gasteiger partial charge < -0.3 is 21.5 Å². The van der Waals surface area contributed by atoms with Crippen LogP contribution >= 0.6 is 0 Å². The summed E-state index contributed by atoms with van der Waals surface area (Å²) < 4.78 is 0. The van der Waals surface area contributed by atoms with Gasteiger partial charge >= 0.3 is 6.03 Å². The number of nitro groups is 1. The molecule has 5 N–H and O–H groups in total. The van der Waals surface area contributed by atoms with E-state index in [4.69, 9.17) is 5.73 Å². The van der Waals surface area contributed by atoms with Crippen LogP contribution in [0.15, 0.2) is 24.3 Å². The quantitative estimate of drug-likeness (QED) is 0.311. The van der Waals surface area contributed by atoms with Crippen molar-refractivity contribution < 1.29 is 14.8 Å². The van der Waals surface area contributed by atoms with E-state index in [1.165, 1.54) is 24.3 Å². The highest BCUT2D eigenvalue weighted by Gasteiger charge is 2.09. The first-order valence-corrected chi connectivity index (χ1v) is 5.67. The normalized spacial score (nSPS) is 11.8. The molecule has 1 aromatic rings. The number of non-ortho nitro benzene ring substituents is 1. The molecule has 1 rings (SSSR count). The molecule has 0 aliphatic heterocycles. The van der Waals surface area contributed by atoms with Gasteiger partial charge in [0.1, 0.15) is 0 Å². The molecule has 0 aliphatic rings. The highest BCUT2D eigenvalue weighted by atomic mass is 16.6. The molecule has 8 nitrogen and oxygen atoms in total. The van der Waals surface area contributed by atoms with Gasteiger partial charge in [0, 0.05) is 31.8 Å². The van der Waals surface area contributed by atoms with Crippen LogP contribution in [-0.4, -0.2) is 35.7 Å². The van der Waals surface area contributed by atoms with Gasteiger partial charge in [-0.3, -0.25) is 10.1 Å². The first kappa shape index (κ1) is 14.9. The summed E-state index contributed by atoms with van der Waals surface area (Å²) in [5.74, 6) is 0. The fraction of sp³-hybridized carbons (Fsp3) is 0.364. The summed E-state index contributed by atoms with van der Waals surface area (Å²) >= 11 is 0. The molecule has 0 saturated heterocycles. The molecule has 0 heterocycles. The molecule has 0 saturated carbocycles. The number of nitrogens with zero attached hydrogens (tertiary/aromatic N) is 1. The lowest BCUT2D eigenvalue weighted by Gasteiger charge is -2.12. The third-order valence-corrected chi connectivity index (χ3v) is 2.43. The Kier molecular flexibility index (Phi) is 5.71. The van der Waals surface area contributed by atoms with Crippen molar-refractivity contribution in [1.82, 2.24) is 10.6 Å². The Morgan fingerprint density at radius 3 is 2.53 bits per heavy atom. The standard InChI is InChI=1S/C11H16N4O4/c12-11(17)14-6-5-13-7-10(16)8-1-3-9(4-2-8)15(18)19/h1-4,10,13,16H,5-7H2,(H3,12,14,17). The van der Waals surface area contributed by atoms with E-state index in [9.17, 15) is 20.0 Å². The fourth-order valence-corrected chi connectivity index (χ4v) is 1.45. The van der Waals surface area contributed by atoms with Crippen molar-refractivity contribution in [2.45, 2.75) is 6.10 Å². The summed E-state index contributed by atoms with van der Waals surface area (Å²) in [7, 11) is 0. The number of carbonyl (C=O) groups is 1. The minimum atomic E-state index is -0.769. The van der Waals surface area contributed by atoms with E-state index < -0.39 is 17.1 Å². The lowest BCUT2D eigenvalue weighted by molar-refractivity contribution is -0.384. The summed E-state index contributed by atoms with van der Waals surface area (Å²) in [5.41, 5.74) is 5.45. The van der Waals surface area contributed by atoms with Crippen LogP contribution in [-0.2, 0) is 0 Å². The van der Waals surface area contributed by atoms with Gasteiger partial charge in [-0.25, -0.2) is 4.79 Å². The summed E-state index contributed by atoms with van der Waals surface area (Å²) in [6, 6.07) is 5.09. The van der Waals surface area contributed by atoms with Gasteiger partial charge in [-0.15, -0.1) is 0 Å². The monoisotopic (exact) mass is 268 g/mol. The molecular weight excluding hydrogens is 252 g/mol. The van der Waals surface area contributed by atoms with Gasteiger partial charge in [-0.1, -0.05) is 0 Å². The summed E-state index contributed by atoms with van der Waals surface area (Å²) in [4.78, 5) is 20.4. The SMILES string of the molecule is NC(=O)NCCNCC(O)c1ccc([N+](=O)[O-])cc1. The molecule has 1 atom stereocenters. The zero-order chi connectivity index (χ0) is 14.3. The molecule has 1 unspecified atom stereocenters. The number of benzene rings is 1. The first-order valence-electron chi connectivity index (χ1n) is 5.67. The van der Waals surface area contributed by atoms with Crippen molar-refractivity contribution in [3.63, 3.8) is 0 Å². The Bertz CT molecular complexity index is 435. The number of rotatable bonds is 7. The van der Waals surface area contributed by atoms with E-state index in [1.807, 2.05) is 0 Å². The van der Waals surface area contributed by atoms with Crippen LogP contribution < -0.4 is 16.4 Å². The number of hydrogen-bond donors (Lipinski definition) is 4. The molecule has 1 aromatic carbocycles. The third kappa shape index (κ3) is 5.32. The van der Waals surface area contributed by atoms with E-state index >= 15 is 0 Å². The topological polar surface area (TPSA) is 131 Å². The zero-order valence-electron chi connectivity index (χ0n) is 10.2.